The van der Waals surface area contributed by atoms with E-state index in [4.69, 9.17) is 11.6 Å². The standard InChI is InChI=1S/C11H16ClN3/c1-8-3-4-15(10(8)6-12)11-5-9(2)13-7-14-11/h5,7-8,10H,3-4,6H2,1-2H3. The molecule has 0 aliphatic carbocycles. The van der Waals surface area contributed by atoms with Crippen LogP contribution in [0, 0.1) is 12.8 Å². The minimum absolute atomic E-state index is 0.418. The summed E-state index contributed by atoms with van der Waals surface area (Å²) in [5.41, 5.74) is 1.01. The summed E-state index contributed by atoms with van der Waals surface area (Å²) in [6.45, 7) is 5.29. The van der Waals surface area contributed by atoms with Gasteiger partial charge in [0.1, 0.15) is 12.1 Å². The first kappa shape index (κ1) is 10.7. The average Bonchev–Trinajstić information content (AvgIpc) is 2.59. The molecular formula is C11H16ClN3. The molecular weight excluding hydrogens is 210 g/mol. The van der Waals surface area contributed by atoms with Crippen LogP contribution in [0.4, 0.5) is 5.82 Å². The zero-order valence-electron chi connectivity index (χ0n) is 9.15. The average molecular weight is 226 g/mol. The Morgan fingerprint density at radius 3 is 3.00 bits per heavy atom. The Balaban J connectivity index is 2.23. The fraction of sp³-hybridized carbons (Fsp3) is 0.636. The third kappa shape index (κ3) is 2.07. The van der Waals surface area contributed by atoms with Gasteiger partial charge in [-0.2, -0.15) is 0 Å². The number of aryl methyl sites for hydroxylation is 1. The maximum absolute atomic E-state index is 6.00. The maximum Gasteiger partial charge on any atom is 0.132 e. The number of halogens is 1. The minimum atomic E-state index is 0.418. The molecule has 1 fully saturated rings. The molecule has 1 aromatic heterocycles. The van der Waals surface area contributed by atoms with Crippen LogP contribution < -0.4 is 4.90 Å². The van der Waals surface area contributed by atoms with Crippen LogP contribution in [0.15, 0.2) is 12.4 Å². The van der Waals surface area contributed by atoms with Crippen molar-refractivity contribution in [2.75, 3.05) is 17.3 Å². The molecule has 1 aliphatic heterocycles. The Bertz CT molecular complexity index is 342. The van der Waals surface area contributed by atoms with Crippen LogP contribution in [0.3, 0.4) is 0 Å². The highest BCUT2D eigenvalue weighted by atomic mass is 35.5. The smallest absolute Gasteiger partial charge is 0.132 e. The second-order valence-electron chi connectivity index (χ2n) is 4.20. The monoisotopic (exact) mass is 225 g/mol. The van der Waals surface area contributed by atoms with Gasteiger partial charge in [-0.3, -0.25) is 0 Å². The van der Waals surface area contributed by atoms with Crippen molar-refractivity contribution in [3.8, 4) is 0 Å². The Hall–Kier alpha value is -0.830. The van der Waals surface area contributed by atoms with Gasteiger partial charge in [-0.25, -0.2) is 9.97 Å². The van der Waals surface area contributed by atoms with E-state index in [1.54, 1.807) is 6.33 Å². The van der Waals surface area contributed by atoms with Crippen molar-refractivity contribution >= 4 is 17.4 Å². The summed E-state index contributed by atoms with van der Waals surface area (Å²) >= 11 is 6.00. The van der Waals surface area contributed by atoms with Crippen molar-refractivity contribution < 1.29 is 0 Å². The van der Waals surface area contributed by atoms with Crippen molar-refractivity contribution in [3.05, 3.63) is 18.1 Å². The second kappa shape index (κ2) is 4.35. The summed E-state index contributed by atoms with van der Waals surface area (Å²) in [7, 11) is 0. The van der Waals surface area contributed by atoms with E-state index in [1.807, 2.05) is 13.0 Å². The van der Waals surface area contributed by atoms with Gasteiger partial charge in [-0.15, -0.1) is 11.6 Å². The number of hydrogen-bond donors (Lipinski definition) is 0. The second-order valence-corrected chi connectivity index (χ2v) is 4.51. The predicted octanol–water partition coefficient (Wildman–Crippen LogP) is 2.24. The maximum atomic E-state index is 6.00. The van der Waals surface area contributed by atoms with Crippen LogP contribution in [-0.4, -0.2) is 28.4 Å². The highest BCUT2D eigenvalue weighted by Gasteiger charge is 2.31. The zero-order valence-corrected chi connectivity index (χ0v) is 9.91. The molecule has 0 saturated carbocycles. The minimum Gasteiger partial charge on any atom is -0.352 e. The summed E-state index contributed by atoms with van der Waals surface area (Å²) in [5.74, 6) is 2.33. The van der Waals surface area contributed by atoms with E-state index >= 15 is 0 Å². The molecule has 1 saturated heterocycles. The summed E-state index contributed by atoms with van der Waals surface area (Å²) in [6, 6.07) is 2.44. The van der Waals surface area contributed by atoms with Gasteiger partial charge in [0.15, 0.2) is 0 Å². The van der Waals surface area contributed by atoms with Crippen LogP contribution in [0.5, 0.6) is 0 Å². The Labute approximate surface area is 95.5 Å². The van der Waals surface area contributed by atoms with Gasteiger partial charge in [0.05, 0.1) is 0 Å². The quantitative estimate of drug-likeness (QED) is 0.723. The van der Waals surface area contributed by atoms with Crippen molar-refractivity contribution in [3.63, 3.8) is 0 Å². The van der Waals surface area contributed by atoms with E-state index in [1.165, 1.54) is 6.42 Å². The highest BCUT2D eigenvalue weighted by Crippen LogP contribution is 2.28. The molecule has 82 valence electrons. The lowest BCUT2D eigenvalue weighted by atomic mass is 10.1. The molecule has 4 heteroatoms. The zero-order chi connectivity index (χ0) is 10.8. The molecule has 0 aromatic carbocycles. The van der Waals surface area contributed by atoms with Crippen LogP contribution in [0.1, 0.15) is 19.0 Å². The Kier molecular flexibility index (Phi) is 3.10. The lowest BCUT2D eigenvalue weighted by Gasteiger charge is -2.26. The molecule has 2 atom stereocenters. The highest BCUT2D eigenvalue weighted by molar-refractivity contribution is 6.18. The molecule has 2 unspecified atom stereocenters. The summed E-state index contributed by atoms with van der Waals surface area (Å²) in [6.07, 6.45) is 2.82. The van der Waals surface area contributed by atoms with E-state index in [2.05, 4.69) is 21.8 Å². The van der Waals surface area contributed by atoms with Crippen molar-refractivity contribution in [1.29, 1.82) is 0 Å². The molecule has 1 aromatic rings. The topological polar surface area (TPSA) is 29.0 Å². The van der Waals surface area contributed by atoms with Gasteiger partial charge in [0.2, 0.25) is 0 Å². The third-order valence-electron chi connectivity index (χ3n) is 3.12. The normalized spacial score (nSPS) is 25.9. The molecule has 15 heavy (non-hydrogen) atoms. The lowest BCUT2D eigenvalue weighted by molar-refractivity contribution is 0.548. The summed E-state index contributed by atoms with van der Waals surface area (Å²) in [5, 5.41) is 0. The Morgan fingerprint density at radius 1 is 1.53 bits per heavy atom. The fourth-order valence-electron chi connectivity index (χ4n) is 2.13. The number of hydrogen-bond acceptors (Lipinski definition) is 3. The van der Waals surface area contributed by atoms with Gasteiger partial charge < -0.3 is 4.90 Å². The van der Waals surface area contributed by atoms with Gasteiger partial charge in [-0.1, -0.05) is 6.92 Å². The summed E-state index contributed by atoms with van der Waals surface area (Å²) in [4.78, 5) is 10.7. The number of nitrogens with zero attached hydrogens (tertiary/aromatic N) is 3. The molecule has 3 nitrogen and oxygen atoms in total. The predicted molar refractivity (Wildman–Crippen MR) is 62.4 cm³/mol. The lowest BCUT2D eigenvalue weighted by Crippen LogP contribution is -2.34. The summed E-state index contributed by atoms with van der Waals surface area (Å²) < 4.78 is 0. The SMILES string of the molecule is Cc1cc(N2CCC(C)C2CCl)ncn1. The third-order valence-corrected chi connectivity index (χ3v) is 3.44. The van der Waals surface area contributed by atoms with Crippen molar-refractivity contribution in [1.82, 2.24) is 9.97 Å². The van der Waals surface area contributed by atoms with Crippen LogP contribution in [0.25, 0.3) is 0 Å². The van der Waals surface area contributed by atoms with Gasteiger partial charge in [0.25, 0.3) is 0 Å². The Morgan fingerprint density at radius 2 is 2.33 bits per heavy atom. The molecule has 0 N–H and O–H groups in total. The molecule has 2 heterocycles. The first-order valence-electron chi connectivity index (χ1n) is 5.33. The van der Waals surface area contributed by atoms with E-state index in [-0.39, 0.29) is 0 Å². The van der Waals surface area contributed by atoms with Crippen LogP contribution in [0.2, 0.25) is 0 Å². The van der Waals surface area contributed by atoms with E-state index in [0.717, 1.165) is 18.1 Å². The van der Waals surface area contributed by atoms with Crippen LogP contribution in [-0.2, 0) is 0 Å². The number of rotatable bonds is 2. The van der Waals surface area contributed by atoms with E-state index in [0.29, 0.717) is 17.8 Å². The van der Waals surface area contributed by atoms with Gasteiger partial charge in [-0.05, 0) is 19.3 Å². The molecule has 2 rings (SSSR count). The fourth-order valence-corrected chi connectivity index (χ4v) is 2.60. The number of alkyl halides is 1. The van der Waals surface area contributed by atoms with Gasteiger partial charge in [0, 0.05) is 30.2 Å². The first-order valence-corrected chi connectivity index (χ1v) is 5.87. The van der Waals surface area contributed by atoms with Crippen molar-refractivity contribution in [2.24, 2.45) is 5.92 Å². The molecule has 1 aliphatic rings. The van der Waals surface area contributed by atoms with E-state index in [9.17, 15) is 0 Å². The molecule has 0 bridgehead atoms. The molecule has 0 radical (unpaired) electrons. The van der Waals surface area contributed by atoms with Crippen LogP contribution >= 0.6 is 11.6 Å². The first-order chi connectivity index (χ1) is 7.22. The van der Waals surface area contributed by atoms with Gasteiger partial charge >= 0.3 is 0 Å². The molecule has 0 spiro atoms. The van der Waals surface area contributed by atoms with Crippen molar-refractivity contribution in [2.45, 2.75) is 26.3 Å². The largest absolute Gasteiger partial charge is 0.352 e. The number of anilines is 1. The number of aromatic nitrogens is 2. The van der Waals surface area contributed by atoms with E-state index < -0.39 is 0 Å². The molecule has 0 amide bonds.